The molecule has 2 aliphatic heterocycles. The van der Waals surface area contributed by atoms with Gasteiger partial charge in [-0.25, -0.2) is 0 Å². The van der Waals surface area contributed by atoms with Gasteiger partial charge < -0.3 is 20.1 Å². The molecule has 2 heterocycles. The minimum Gasteiger partial charge on any atom is -0.379 e. The average Bonchev–Trinajstić information content (AvgIpc) is 2.96. The van der Waals surface area contributed by atoms with E-state index in [1.54, 1.807) is 0 Å². The fourth-order valence-electron chi connectivity index (χ4n) is 2.36. The maximum absolute atomic E-state index is 11.6. The van der Waals surface area contributed by atoms with Crippen LogP contribution in [-0.2, 0) is 14.3 Å². The second-order valence-electron chi connectivity index (χ2n) is 5.07. The lowest BCUT2D eigenvalue weighted by Crippen LogP contribution is -2.43. The number of hydrogen-bond donors (Lipinski definition) is 2. The molecule has 1 amide bonds. The Hall–Kier alpha value is -0.690. The zero-order chi connectivity index (χ0) is 13.3. The number of nitrogens with one attached hydrogen (secondary N) is 2. The smallest absolute Gasteiger partial charge is 0.234 e. The van der Waals surface area contributed by atoms with Crippen LogP contribution < -0.4 is 10.6 Å². The van der Waals surface area contributed by atoms with E-state index in [4.69, 9.17) is 9.47 Å². The van der Waals surface area contributed by atoms with Gasteiger partial charge in [0.05, 0.1) is 25.9 Å². The summed E-state index contributed by atoms with van der Waals surface area (Å²) in [4.78, 5) is 13.9. The van der Waals surface area contributed by atoms with Crippen molar-refractivity contribution in [3.05, 3.63) is 0 Å². The van der Waals surface area contributed by atoms with Crippen LogP contribution in [0.2, 0.25) is 0 Å². The molecule has 19 heavy (non-hydrogen) atoms. The summed E-state index contributed by atoms with van der Waals surface area (Å²) in [6, 6.07) is 0. The first kappa shape index (κ1) is 14.7. The van der Waals surface area contributed by atoms with Crippen molar-refractivity contribution >= 4 is 5.91 Å². The molecule has 0 bridgehead atoms. The zero-order valence-electron chi connectivity index (χ0n) is 11.5. The molecule has 2 N–H and O–H groups in total. The fourth-order valence-corrected chi connectivity index (χ4v) is 2.36. The molecule has 6 nitrogen and oxygen atoms in total. The molecule has 6 heteroatoms. The number of ether oxygens (including phenoxy) is 2. The summed E-state index contributed by atoms with van der Waals surface area (Å²) >= 11 is 0. The maximum Gasteiger partial charge on any atom is 0.234 e. The first-order valence-electron chi connectivity index (χ1n) is 7.24. The van der Waals surface area contributed by atoms with Crippen molar-refractivity contribution in [1.29, 1.82) is 0 Å². The van der Waals surface area contributed by atoms with Gasteiger partial charge in [-0.1, -0.05) is 0 Å². The predicted molar refractivity (Wildman–Crippen MR) is 72.1 cm³/mol. The Morgan fingerprint density at radius 1 is 1.26 bits per heavy atom. The van der Waals surface area contributed by atoms with Gasteiger partial charge in [0.25, 0.3) is 0 Å². The van der Waals surface area contributed by atoms with Crippen LogP contribution in [0, 0.1) is 0 Å². The zero-order valence-corrected chi connectivity index (χ0v) is 11.5. The maximum atomic E-state index is 11.6. The van der Waals surface area contributed by atoms with Gasteiger partial charge in [0.2, 0.25) is 5.91 Å². The van der Waals surface area contributed by atoms with Crippen molar-refractivity contribution in [2.75, 3.05) is 59.1 Å². The highest BCUT2D eigenvalue weighted by Gasteiger charge is 2.16. The first-order chi connectivity index (χ1) is 9.34. The van der Waals surface area contributed by atoms with Crippen molar-refractivity contribution in [2.45, 2.75) is 18.9 Å². The Morgan fingerprint density at radius 3 is 2.84 bits per heavy atom. The van der Waals surface area contributed by atoms with E-state index in [0.717, 1.165) is 58.8 Å². The Bertz CT molecular complexity index is 264. The summed E-state index contributed by atoms with van der Waals surface area (Å²) in [6.45, 7) is 7.30. The standard InChI is InChI=1S/C13H25N3O3/c17-13(15-10-12-2-1-7-19-12)11-14-3-4-16-5-8-18-9-6-16/h12,14H,1-11H2,(H,15,17). The van der Waals surface area contributed by atoms with Gasteiger partial charge in [0, 0.05) is 39.3 Å². The minimum absolute atomic E-state index is 0.0532. The number of morpholine rings is 1. The van der Waals surface area contributed by atoms with Crippen molar-refractivity contribution in [2.24, 2.45) is 0 Å². The first-order valence-corrected chi connectivity index (χ1v) is 7.24. The molecular formula is C13H25N3O3. The molecule has 2 fully saturated rings. The monoisotopic (exact) mass is 271 g/mol. The number of amides is 1. The third-order valence-corrected chi connectivity index (χ3v) is 3.54. The molecule has 0 aliphatic carbocycles. The Balaban J connectivity index is 1.44. The molecule has 2 aliphatic rings. The highest BCUT2D eigenvalue weighted by molar-refractivity contribution is 5.77. The average molecular weight is 271 g/mol. The van der Waals surface area contributed by atoms with Crippen LogP contribution in [0.25, 0.3) is 0 Å². The van der Waals surface area contributed by atoms with Crippen LogP contribution in [0.1, 0.15) is 12.8 Å². The molecule has 0 aromatic rings. The summed E-state index contributed by atoms with van der Waals surface area (Å²) < 4.78 is 10.7. The molecule has 0 aromatic carbocycles. The molecule has 110 valence electrons. The Labute approximate surface area is 114 Å². The second-order valence-corrected chi connectivity index (χ2v) is 5.07. The molecule has 2 saturated heterocycles. The molecule has 1 unspecified atom stereocenters. The van der Waals surface area contributed by atoms with E-state index >= 15 is 0 Å². The van der Waals surface area contributed by atoms with E-state index in [1.165, 1.54) is 0 Å². The van der Waals surface area contributed by atoms with E-state index in [2.05, 4.69) is 15.5 Å². The van der Waals surface area contributed by atoms with Gasteiger partial charge in [0.1, 0.15) is 0 Å². The molecule has 2 rings (SSSR count). The van der Waals surface area contributed by atoms with Crippen LogP contribution in [0.3, 0.4) is 0 Å². The van der Waals surface area contributed by atoms with Gasteiger partial charge in [-0.3, -0.25) is 9.69 Å². The number of hydrogen-bond acceptors (Lipinski definition) is 5. The summed E-state index contributed by atoms with van der Waals surface area (Å²) in [5.41, 5.74) is 0. The molecule has 0 saturated carbocycles. The van der Waals surface area contributed by atoms with E-state index in [1.807, 2.05) is 0 Å². The lowest BCUT2D eigenvalue weighted by atomic mass is 10.2. The van der Waals surface area contributed by atoms with Gasteiger partial charge in [-0.15, -0.1) is 0 Å². The highest BCUT2D eigenvalue weighted by atomic mass is 16.5. The summed E-state index contributed by atoms with van der Waals surface area (Å²) in [5, 5.41) is 6.08. The third kappa shape index (κ3) is 5.86. The molecule has 1 atom stereocenters. The molecule has 0 spiro atoms. The molecule has 0 radical (unpaired) electrons. The van der Waals surface area contributed by atoms with E-state index in [-0.39, 0.29) is 12.0 Å². The number of carbonyl (C=O) groups is 1. The van der Waals surface area contributed by atoms with Crippen LogP contribution >= 0.6 is 0 Å². The van der Waals surface area contributed by atoms with Crippen LogP contribution in [0.15, 0.2) is 0 Å². The summed E-state index contributed by atoms with van der Waals surface area (Å²) in [6.07, 6.45) is 2.39. The largest absolute Gasteiger partial charge is 0.379 e. The highest BCUT2D eigenvalue weighted by Crippen LogP contribution is 2.10. The molecular weight excluding hydrogens is 246 g/mol. The normalized spacial score (nSPS) is 24.5. The summed E-state index contributed by atoms with van der Waals surface area (Å²) in [5.74, 6) is 0.0532. The van der Waals surface area contributed by atoms with Crippen molar-refractivity contribution < 1.29 is 14.3 Å². The minimum atomic E-state index is 0.0532. The summed E-state index contributed by atoms with van der Waals surface area (Å²) in [7, 11) is 0. The topological polar surface area (TPSA) is 62.8 Å². The molecule has 0 aromatic heterocycles. The van der Waals surface area contributed by atoms with E-state index in [0.29, 0.717) is 13.1 Å². The number of rotatable bonds is 7. The lowest BCUT2D eigenvalue weighted by Gasteiger charge is -2.26. The van der Waals surface area contributed by atoms with Crippen molar-refractivity contribution in [3.63, 3.8) is 0 Å². The van der Waals surface area contributed by atoms with Crippen LogP contribution in [-0.4, -0.2) is 76.0 Å². The van der Waals surface area contributed by atoms with Crippen molar-refractivity contribution in [3.8, 4) is 0 Å². The lowest BCUT2D eigenvalue weighted by molar-refractivity contribution is -0.120. The van der Waals surface area contributed by atoms with Gasteiger partial charge in [-0.2, -0.15) is 0 Å². The van der Waals surface area contributed by atoms with Crippen molar-refractivity contribution in [1.82, 2.24) is 15.5 Å². The number of carbonyl (C=O) groups excluding carboxylic acids is 1. The van der Waals surface area contributed by atoms with Crippen LogP contribution in [0.4, 0.5) is 0 Å². The third-order valence-electron chi connectivity index (χ3n) is 3.54. The Kier molecular flexibility index (Phi) is 6.56. The Morgan fingerprint density at radius 2 is 2.11 bits per heavy atom. The van der Waals surface area contributed by atoms with Gasteiger partial charge in [0.15, 0.2) is 0 Å². The quantitative estimate of drug-likeness (QED) is 0.594. The van der Waals surface area contributed by atoms with Crippen LogP contribution in [0.5, 0.6) is 0 Å². The fraction of sp³-hybridized carbons (Fsp3) is 0.923. The number of nitrogens with zero attached hydrogens (tertiary/aromatic N) is 1. The SMILES string of the molecule is O=C(CNCCN1CCOCC1)NCC1CCCO1. The predicted octanol–water partition coefficient (Wildman–Crippen LogP) is -0.797. The second kappa shape index (κ2) is 8.47. The van der Waals surface area contributed by atoms with E-state index < -0.39 is 0 Å². The van der Waals surface area contributed by atoms with Gasteiger partial charge >= 0.3 is 0 Å². The van der Waals surface area contributed by atoms with E-state index in [9.17, 15) is 4.79 Å². The van der Waals surface area contributed by atoms with Gasteiger partial charge in [-0.05, 0) is 12.8 Å².